The summed E-state index contributed by atoms with van der Waals surface area (Å²) in [6.07, 6.45) is 2.87. The number of halogens is 1. The van der Waals surface area contributed by atoms with E-state index in [4.69, 9.17) is 14.6 Å². The molecule has 0 bridgehead atoms. The third kappa shape index (κ3) is 9.19. The van der Waals surface area contributed by atoms with E-state index in [1.807, 2.05) is 0 Å². The number of guanidine groups is 1. The van der Waals surface area contributed by atoms with Crippen molar-refractivity contribution < 1.29 is 17.9 Å². The predicted octanol–water partition coefficient (Wildman–Crippen LogP) is 0.855. The van der Waals surface area contributed by atoms with Crippen LogP contribution >= 0.6 is 24.0 Å². The lowest BCUT2D eigenvalue weighted by Gasteiger charge is -2.13. The first-order chi connectivity index (χ1) is 12.5. The minimum Gasteiger partial charge on any atom is -0.379 e. The molecule has 1 atom stereocenters. The molecule has 1 heterocycles. The fourth-order valence-electron chi connectivity index (χ4n) is 2.56. The highest BCUT2D eigenvalue weighted by Gasteiger charge is 2.15. The first-order valence-corrected chi connectivity index (χ1v) is 10.3. The quantitative estimate of drug-likeness (QED) is 0.196. The Morgan fingerprint density at radius 2 is 2.00 bits per heavy atom. The molecule has 1 aromatic rings. The monoisotopic (exact) mass is 512 g/mol. The second-order valence-electron chi connectivity index (χ2n) is 6.07. The Morgan fingerprint density at radius 1 is 1.30 bits per heavy atom. The van der Waals surface area contributed by atoms with E-state index in [1.165, 1.54) is 12.1 Å². The van der Waals surface area contributed by atoms with Gasteiger partial charge in [0.2, 0.25) is 10.0 Å². The number of sulfonamides is 1. The zero-order chi connectivity index (χ0) is 18.8. The van der Waals surface area contributed by atoms with E-state index >= 15 is 0 Å². The lowest BCUT2D eigenvalue weighted by atomic mass is 10.1. The van der Waals surface area contributed by atoms with Gasteiger partial charge in [-0.3, -0.25) is 4.99 Å². The van der Waals surface area contributed by atoms with Gasteiger partial charge < -0.3 is 20.1 Å². The molecule has 154 valence electrons. The molecule has 10 heteroatoms. The number of hydrogen-bond donors (Lipinski definition) is 3. The van der Waals surface area contributed by atoms with Crippen LogP contribution in [0.5, 0.6) is 0 Å². The van der Waals surface area contributed by atoms with Gasteiger partial charge in [-0.05, 0) is 37.0 Å². The second kappa shape index (κ2) is 12.5. The lowest BCUT2D eigenvalue weighted by molar-refractivity contribution is 0.0420. The topological polar surface area (TPSA) is 115 Å². The van der Waals surface area contributed by atoms with E-state index in [0.29, 0.717) is 19.8 Å². The van der Waals surface area contributed by atoms with Crippen LogP contribution in [0.4, 0.5) is 0 Å². The van der Waals surface area contributed by atoms with Gasteiger partial charge >= 0.3 is 0 Å². The predicted molar refractivity (Wildman–Crippen MR) is 116 cm³/mol. The summed E-state index contributed by atoms with van der Waals surface area (Å²) in [4.78, 5) is 4.30. The largest absolute Gasteiger partial charge is 0.379 e. The van der Waals surface area contributed by atoms with Crippen molar-refractivity contribution in [2.75, 3.05) is 40.0 Å². The fourth-order valence-corrected chi connectivity index (χ4v) is 3.08. The maximum atomic E-state index is 11.2. The third-order valence-corrected chi connectivity index (χ3v) is 4.97. The van der Waals surface area contributed by atoms with Crippen LogP contribution in [0.1, 0.15) is 18.4 Å². The second-order valence-corrected chi connectivity index (χ2v) is 7.64. The Hall–Kier alpha value is -0.950. The van der Waals surface area contributed by atoms with Gasteiger partial charge in [0.25, 0.3) is 0 Å². The molecule has 4 N–H and O–H groups in total. The third-order valence-electron chi connectivity index (χ3n) is 4.04. The SMILES string of the molecule is CN=C(NCCCOC1CCOC1)NCCc1ccc(S(N)(=O)=O)cc1.I. The Kier molecular flexibility index (Phi) is 11.1. The van der Waals surface area contributed by atoms with E-state index < -0.39 is 10.0 Å². The van der Waals surface area contributed by atoms with Crippen LogP contribution in [0.3, 0.4) is 0 Å². The maximum absolute atomic E-state index is 11.2. The summed E-state index contributed by atoms with van der Waals surface area (Å²) < 4.78 is 33.5. The molecule has 0 radical (unpaired) electrons. The number of primary sulfonamides is 1. The molecule has 8 nitrogen and oxygen atoms in total. The first-order valence-electron chi connectivity index (χ1n) is 8.74. The number of benzene rings is 1. The Morgan fingerprint density at radius 3 is 2.59 bits per heavy atom. The number of nitrogens with one attached hydrogen (secondary N) is 2. The smallest absolute Gasteiger partial charge is 0.238 e. The van der Waals surface area contributed by atoms with Gasteiger partial charge in [-0.2, -0.15) is 0 Å². The number of aliphatic imine (C=N–C) groups is 1. The Labute approximate surface area is 178 Å². The van der Waals surface area contributed by atoms with Crippen LogP contribution in [0, 0.1) is 0 Å². The lowest BCUT2D eigenvalue weighted by Crippen LogP contribution is -2.39. The van der Waals surface area contributed by atoms with Crippen LogP contribution in [0.15, 0.2) is 34.2 Å². The van der Waals surface area contributed by atoms with Crippen LogP contribution < -0.4 is 15.8 Å². The molecule has 0 aromatic heterocycles. The number of nitrogens with zero attached hydrogens (tertiary/aromatic N) is 1. The summed E-state index contributed by atoms with van der Waals surface area (Å²) in [6.45, 7) is 3.66. The molecule has 0 saturated carbocycles. The van der Waals surface area contributed by atoms with Gasteiger partial charge in [0, 0.05) is 33.4 Å². The molecule has 1 aliphatic rings. The molecule has 0 spiro atoms. The summed E-state index contributed by atoms with van der Waals surface area (Å²) in [5.74, 6) is 0.732. The highest BCUT2D eigenvalue weighted by Crippen LogP contribution is 2.09. The van der Waals surface area contributed by atoms with E-state index in [0.717, 1.165) is 43.9 Å². The number of ether oxygens (including phenoxy) is 2. The van der Waals surface area contributed by atoms with E-state index in [2.05, 4.69) is 15.6 Å². The zero-order valence-electron chi connectivity index (χ0n) is 15.5. The Balaban J connectivity index is 0.00000364. The van der Waals surface area contributed by atoms with Gasteiger partial charge in [-0.15, -0.1) is 24.0 Å². The van der Waals surface area contributed by atoms with E-state index in [1.54, 1.807) is 19.2 Å². The minimum absolute atomic E-state index is 0. The van der Waals surface area contributed by atoms with Crippen molar-refractivity contribution in [2.45, 2.75) is 30.3 Å². The van der Waals surface area contributed by atoms with Crippen molar-refractivity contribution >= 4 is 40.0 Å². The van der Waals surface area contributed by atoms with Crippen LogP contribution in [-0.2, 0) is 25.9 Å². The highest BCUT2D eigenvalue weighted by molar-refractivity contribution is 14.0. The molecule has 0 aliphatic carbocycles. The summed E-state index contributed by atoms with van der Waals surface area (Å²) in [7, 11) is -1.92. The average Bonchev–Trinajstić information content (AvgIpc) is 3.13. The molecular weight excluding hydrogens is 483 g/mol. The first kappa shape index (κ1) is 24.1. The zero-order valence-corrected chi connectivity index (χ0v) is 18.7. The van der Waals surface area contributed by atoms with Gasteiger partial charge in [0.05, 0.1) is 17.6 Å². The van der Waals surface area contributed by atoms with Crippen molar-refractivity contribution in [3.63, 3.8) is 0 Å². The van der Waals surface area contributed by atoms with Crippen LogP contribution in [0.2, 0.25) is 0 Å². The van der Waals surface area contributed by atoms with Gasteiger partial charge in [0.1, 0.15) is 0 Å². The fraction of sp³-hybridized carbons (Fsp3) is 0.588. The van der Waals surface area contributed by atoms with Crippen LogP contribution in [-0.4, -0.2) is 60.4 Å². The van der Waals surface area contributed by atoms with Gasteiger partial charge in [0.15, 0.2) is 5.96 Å². The molecule has 27 heavy (non-hydrogen) atoms. The minimum atomic E-state index is -3.64. The van der Waals surface area contributed by atoms with Crippen molar-refractivity contribution in [1.82, 2.24) is 10.6 Å². The number of rotatable bonds is 9. The van der Waals surface area contributed by atoms with Crippen LogP contribution in [0.25, 0.3) is 0 Å². The molecule has 0 amide bonds. The summed E-state index contributed by atoms with van der Waals surface area (Å²) >= 11 is 0. The highest BCUT2D eigenvalue weighted by atomic mass is 127. The molecule has 1 fully saturated rings. The number of hydrogen-bond acceptors (Lipinski definition) is 5. The van der Waals surface area contributed by atoms with E-state index in [-0.39, 0.29) is 35.0 Å². The molecular formula is C17H29IN4O4S. The normalized spacial score (nSPS) is 17.4. The summed E-state index contributed by atoms with van der Waals surface area (Å²) in [5.41, 5.74) is 1.02. The molecule has 1 aromatic carbocycles. The number of nitrogens with two attached hydrogens (primary N) is 1. The van der Waals surface area contributed by atoms with Crippen molar-refractivity contribution in [3.05, 3.63) is 29.8 Å². The van der Waals surface area contributed by atoms with Crippen molar-refractivity contribution in [1.29, 1.82) is 0 Å². The van der Waals surface area contributed by atoms with Crippen molar-refractivity contribution in [2.24, 2.45) is 10.1 Å². The standard InChI is InChI=1S/C17H28N4O4S.HI/c1-19-17(20-9-2-11-25-15-8-12-24-13-15)21-10-7-14-3-5-16(6-4-14)26(18,22)23;/h3-6,15H,2,7-13H2,1H3,(H2,18,22,23)(H2,19,20,21);1H. The average molecular weight is 512 g/mol. The summed E-state index contributed by atoms with van der Waals surface area (Å²) in [6, 6.07) is 6.57. The molecule has 1 aliphatic heterocycles. The van der Waals surface area contributed by atoms with E-state index in [9.17, 15) is 8.42 Å². The van der Waals surface area contributed by atoms with Gasteiger partial charge in [-0.1, -0.05) is 12.1 Å². The Bertz CT molecular complexity index is 677. The maximum Gasteiger partial charge on any atom is 0.238 e. The van der Waals surface area contributed by atoms with Crippen molar-refractivity contribution in [3.8, 4) is 0 Å². The molecule has 1 unspecified atom stereocenters. The van der Waals surface area contributed by atoms with Gasteiger partial charge in [-0.25, -0.2) is 13.6 Å². The molecule has 2 rings (SSSR count). The molecule has 1 saturated heterocycles. The summed E-state index contributed by atoms with van der Waals surface area (Å²) in [5, 5.41) is 11.6.